The molecular weight excluding hydrogens is 354 g/mol. The third-order valence-electron chi connectivity index (χ3n) is 3.18. The van der Waals surface area contributed by atoms with Crippen LogP contribution in [0.1, 0.15) is 25.8 Å². The van der Waals surface area contributed by atoms with Crippen molar-refractivity contribution in [2.75, 3.05) is 6.61 Å². The van der Waals surface area contributed by atoms with Gasteiger partial charge in [0.25, 0.3) is 0 Å². The number of sulfonamides is 1. The molecule has 118 valence electrons. The second-order valence-electron chi connectivity index (χ2n) is 5.31. The van der Waals surface area contributed by atoms with Gasteiger partial charge in [0.15, 0.2) is 0 Å². The molecule has 0 aromatic heterocycles. The van der Waals surface area contributed by atoms with Gasteiger partial charge < -0.3 is 5.11 Å². The van der Waals surface area contributed by atoms with Gasteiger partial charge in [0, 0.05) is 22.5 Å². The van der Waals surface area contributed by atoms with Crippen molar-refractivity contribution in [3.63, 3.8) is 0 Å². The molecule has 1 rings (SSSR count). The molecule has 21 heavy (non-hydrogen) atoms. The van der Waals surface area contributed by atoms with Crippen LogP contribution in [0.3, 0.4) is 0 Å². The van der Waals surface area contributed by atoms with Crippen LogP contribution in [-0.4, -0.2) is 30.5 Å². The van der Waals surface area contributed by atoms with E-state index in [1.807, 2.05) is 38.1 Å². The van der Waals surface area contributed by atoms with Gasteiger partial charge >= 0.3 is 0 Å². The molecule has 0 fully saturated rings. The SMILES string of the molecule is C=CS(=O)(=O)N(Cc1ccccc1Br)[C@H](CO)CC(C)C. The predicted octanol–water partition coefficient (Wildman–Crippen LogP) is 3.13. The largest absolute Gasteiger partial charge is 0.395 e. The lowest BCUT2D eigenvalue weighted by Crippen LogP contribution is -2.41. The summed E-state index contributed by atoms with van der Waals surface area (Å²) in [4.78, 5) is 0. The van der Waals surface area contributed by atoms with Crippen LogP contribution in [0.2, 0.25) is 0 Å². The number of nitrogens with zero attached hydrogens (tertiary/aromatic N) is 1. The topological polar surface area (TPSA) is 57.6 Å². The zero-order valence-electron chi connectivity index (χ0n) is 12.4. The van der Waals surface area contributed by atoms with E-state index in [1.165, 1.54) is 4.31 Å². The smallest absolute Gasteiger partial charge is 0.236 e. The van der Waals surface area contributed by atoms with E-state index in [0.29, 0.717) is 6.42 Å². The Bertz CT molecular complexity index is 572. The Labute approximate surface area is 135 Å². The third-order valence-corrected chi connectivity index (χ3v) is 5.46. The third kappa shape index (κ3) is 5.21. The standard InChI is InChI=1S/C15H22BrNO3S/c1-4-21(19,20)17(14(11-18)9-12(2)3)10-13-7-5-6-8-15(13)16/h4-8,12,14,18H,1,9-11H2,2-3H3/t14-/m0/s1. The first-order valence-corrected chi connectivity index (χ1v) is 9.10. The van der Waals surface area contributed by atoms with Gasteiger partial charge in [0.05, 0.1) is 6.61 Å². The van der Waals surface area contributed by atoms with Crippen molar-refractivity contribution in [3.05, 3.63) is 46.3 Å². The number of hydrogen-bond donors (Lipinski definition) is 1. The Balaban J connectivity index is 3.14. The molecule has 1 N–H and O–H groups in total. The van der Waals surface area contributed by atoms with Crippen molar-refractivity contribution in [1.82, 2.24) is 4.31 Å². The summed E-state index contributed by atoms with van der Waals surface area (Å²) in [6, 6.07) is 7.00. The molecule has 0 saturated heterocycles. The van der Waals surface area contributed by atoms with E-state index in [-0.39, 0.29) is 19.1 Å². The summed E-state index contributed by atoms with van der Waals surface area (Å²) in [6.07, 6.45) is 0.591. The second kappa shape index (κ2) is 8.08. The van der Waals surface area contributed by atoms with E-state index in [9.17, 15) is 13.5 Å². The van der Waals surface area contributed by atoms with Gasteiger partial charge in [-0.05, 0) is 24.0 Å². The zero-order valence-corrected chi connectivity index (χ0v) is 14.8. The molecule has 0 spiro atoms. The van der Waals surface area contributed by atoms with Crippen molar-refractivity contribution in [3.8, 4) is 0 Å². The maximum absolute atomic E-state index is 12.3. The quantitative estimate of drug-likeness (QED) is 0.759. The fourth-order valence-electron chi connectivity index (χ4n) is 2.14. The van der Waals surface area contributed by atoms with E-state index >= 15 is 0 Å². The number of aliphatic hydroxyl groups is 1. The molecule has 0 heterocycles. The van der Waals surface area contributed by atoms with Crippen LogP contribution in [0, 0.1) is 5.92 Å². The molecule has 0 aliphatic heterocycles. The highest BCUT2D eigenvalue weighted by Crippen LogP contribution is 2.23. The summed E-state index contributed by atoms with van der Waals surface area (Å²) in [5, 5.41) is 10.5. The summed E-state index contributed by atoms with van der Waals surface area (Å²) in [7, 11) is -3.62. The lowest BCUT2D eigenvalue weighted by Gasteiger charge is -2.30. The summed E-state index contributed by atoms with van der Waals surface area (Å²) in [5.41, 5.74) is 0.852. The lowest BCUT2D eigenvalue weighted by atomic mass is 10.0. The van der Waals surface area contributed by atoms with E-state index < -0.39 is 16.1 Å². The monoisotopic (exact) mass is 375 g/mol. The average molecular weight is 376 g/mol. The van der Waals surface area contributed by atoms with Gasteiger partial charge in [-0.2, -0.15) is 4.31 Å². The van der Waals surface area contributed by atoms with Gasteiger partial charge in [-0.15, -0.1) is 0 Å². The Morgan fingerprint density at radius 3 is 2.48 bits per heavy atom. The van der Waals surface area contributed by atoms with Crippen molar-refractivity contribution in [2.45, 2.75) is 32.9 Å². The molecule has 1 aromatic carbocycles. The maximum Gasteiger partial charge on any atom is 0.236 e. The van der Waals surface area contributed by atoms with Gasteiger partial charge in [-0.1, -0.05) is 54.6 Å². The fourth-order valence-corrected chi connectivity index (χ4v) is 3.63. The molecular formula is C15H22BrNO3S. The van der Waals surface area contributed by atoms with E-state index in [2.05, 4.69) is 22.5 Å². The second-order valence-corrected chi connectivity index (χ2v) is 8.00. The summed E-state index contributed by atoms with van der Waals surface area (Å²) < 4.78 is 26.7. The highest BCUT2D eigenvalue weighted by molar-refractivity contribution is 9.10. The first-order valence-electron chi connectivity index (χ1n) is 6.80. The number of aliphatic hydroxyl groups excluding tert-OH is 1. The first kappa shape index (κ1) is 18.4. The van der Waals surface area contributed by atoms with E-state index in [4.69, 9.17) is 0 Å². The Morgan fingerprint density at radius 2 is 2.00 bits per heavy atom. The van der Waals surface area contributed by atoms with E-state index in [1.54, 1.807) is 0 Å². The van der Waals surface area contributed by atoms with Crippen molar-refractivity contribution < 1.29 is 13.5 Å². The van der Waals surface area contributed by atoms with Crippen LogP contribution in [0.4, 0.5) is 0 Å². The van der Waals surface area contributed by atoms with Crippen molar-refractivity contribution in [2.24, 2.45) is 5.92 Å². The van der Waals surface area contributed by atoms with Crippen LogP contribution in [0.5, 0.6) is 0 Å². The van der Waals surface area contributed by atoms with Gasteiger partial charge in [-0.25, -0.2) is 8.42 Å². The molecule has 1 aromatic rings. The molecule has 0 aliphatic rings. The molecule has 0 unspecified atom stereocenters. The van der Waals surface area contributed by atoms with Crippen LogP contribution in [0.15, 0.2) is 40.7 Å². The predicted molar refractivity (Wildman–Crippen MR) is 89.1 cm³/mol. The van der Waals surface area contributed by atoms with Crippen molar-refractivity contribution in [1.29, 1.82) is 0 Å². The molecule has 0 bridgehead atoms. The summed E-state index contributed by atoms with van der Waals surface area (Å²) in [5.74, 6) is 0.281. The Hall–Kier alpha value is -0.690. The van der Waals surface area contributed by atoms with Crippen LogP contribution >= 0.6 is 15.9 Å². The zero-order chi connectivity index (χ0) is 16.0. The van der Waals surface area contributed by atoms with Crippen LogP contribution < -0.4 is 0 Å². The molecule has 6 heteroatoms. The summed E-state index contributed by atoms with van der Waals surface area (Å²) >= 11 is 3.43. The highest BCUT2D eigenvalue weighted by atomic mass is 79.9. The fraction of sp³-hybridized carbons (Fsp3) is 0.467. The number of halogens is 1. The highest BCUT2D eigenvalue weighted by Gasteiger charge is 2.28. The maximum atomic E-state index is 12.3. The van der Waals surface area contributed by atoms with Crippen molar-refractivity contribution >= 4 is 26.0 Å². The summed E-state index contributed by atoms with van der Waals surface area (Å²) in [6.45, 7) is 7.38. The molecule has 1 atom stereocenters. The Kier molecular flexibility index (Phi) is 7.06. The molecule has 4 nitrogen and oxygen atoms in total. The molecule has 0 radical (unpaired) electrons. The van der Waals surface area contributed by atoms with Gasteiger partial charge in [0.1, 0.15) is 0 Å². The van der Waals surface area contributed by atoms with Gasteiger partial charge in [-0.3, -0.25) is 0 Å². The van der Waals surface area contributed by atoms with Crippen LogP contribution in [0.25, 0.3) is 0 Å². The minimum atomic E-state index is -3.62. The Morgan fingerprint density at radius 1 is 1.38 bits per heavy atom. The van der Waals surface area contributed by atoms with Gasteiger partial charge in [0.2, 0.25) is 10.0 Å². The van der Waals surface area contributed by atoms with E-state index in [0.717, 1.165) is 15.4 Å². The average Bonchev–Trinajstić information content (AvgIpc) is 2.44. The molecule has 0 amide bonds. The number of hydrogen-bond acceptors (Lipinski definition) is 3. The molecule has 0 aliphatic carbocycles. The normalized spacial score (nSPS) is 13.6. The first-order chi connectivity index (χ1) is 9.81. The number of rotatable bonds is 8. The molecule has 0 saturated carbocycles. The van der Waals surface area contributed by atoms with Crippen LogP contribution in [-0.2, 0) is 16.6 Å². The lowest BCUT2D eigenvalue weighted by molar-refractivity contribution is 0.165. The number of benzene rings is 1. The minimum Gasteiger partial charge on any atom is -0.395 e. The minimum absolute atomic E-state index is 0.202.